The molecule has 0 atom stereocenters. The minimum atomic E-state index is 0.295. The third-order valence-electron chi connectivity index (χ3n) is 6.07. The van der Waals surface area contributed by atoms with Crippen LogP contribution in [0.2, 0.25) is 0 Å². The molecule has 1 spiro atoms. The second-order valence-corrected chi connectivity index (χ2v) is 7.78. The molecule has 2 aromatic carbocycles. The highest BCUT2D eigenvalue weighted by Gasteiger charge is 2.35. The number of hydrogen-bond donors (Lipinski definition) is 0. The fourth-order valence-corrected chi connectivity index (χ4v) is 4.33. The van der Waals surface area contributed by atoms with Crippen molar-refractivity contribution in [3.05, 3.63) is 77.9 Å². The first-order valence-electron chi connectivity index (χ1n) is 9.71. The van der Waals surface area contributed by atoms with E-state index in [1.807, 2.05) is 24.3 Å². The topological polar surface area (TPSA) is 26.3 Å². The fraction of sp³-hybridized carbons (Fsp3) is 0.375. The molecule has 0 unspecified atom stereocenters. The summed E-state index contributed by atoms with van der Waals surface area (Å²) >= 11 is 0. The van der Waals surface area contributed by atoms with E-state index < -0.39 is 0 Å². The van der Waals surface area contributed by atoms with E-state index in [-0.39, 0.29) is 0 Å². The SMILES string of the molecule is O=C1C=CC2(CC1)CCC(c1ccc(OCc3ccccc3)cc1)CC2. The van der Waals surface area contributed by atoms with Gasteiger partial charge in [0.15, 0.2) is 5.78 Å². The summed E-state index contributed by atoms with van der Waals surface area (Å²) in [6.45, 7) is 0.608. The summed E-state index contributed by atoms with van der Waals surface area (Å²) in [5.74, 6) is 1.86. The molecule has 2 aliphatic carbocycles. The third kappa shape index (κ3) is 3.90. The van der Waals surface area contributed by atoms with Gasteiger partial charge < -0.3 is 4.74 Å². The number of benzene rings is 2. The van der Waals surface area contributed by atoms with E-state index >= 15 is 0 Å². The van der Waals surface area contributed by atoms with Gasteiger partial charge in [-0.05, 0) is 72.8 Å². The van der Waals surface area contributed by atoms with Gasteiger partial charge in [0.05, 0.1) is 0 Å². The molecule has 0 aliphatic heterocycles. The van der Waals surface area contributed by atoms with Crippen LogP contribution in [0.3, 0.4) is 0 Å². The monoisotopic (exact) mass is 346 g/mol. The zero-order valence-electron chi connectivity index (χ0n) is 15.2. The zero-order valence-corrected chi connectivity index (χ0v) is 15.2. The predicted molar refractivity (Wildman–Crippen MR) is 104 cm³/mol. The van der Waals surface area contributed by atoms with E-state index in [1.165, 1.54) is 36.8 Å². The van der Waals surface area contributed by atoms with Crippen LogP contribution in [0.15, 0.2) is 66.7 Å². The maximum absolute atomic E-state index is 11.5. The van der Waals surface area contributed by atoms with Crippen LogP contribution in [0.25, 0.3) is 0 Å². The molecule has 2 nitrogen and oxygen atoms in total. The van der Waals surface area contributed by atoms with Crippen molar-refractivity contribution in [3.8, 4) is 5.75 Å². The van der Waals surface area contributed by atoms with E-state index in [1.54, 1.807) is 0 Å². The molecule has 0 N–H and O–H groups in total. The predicted octanol–water partition coefficient (Wildman–Crippen LogP) is 5.83. The molecule has 0 amide bonds. The quantitative estimate of drug-likeness (QED) is 0.696. The van der Waals surface area contributed by atoms with Crippen LogP contribution in [0.1, 0.15) is 55.6 Å². The molecule has 2 heteroatoms. The lowest BCUT2D eigenvalue weighted by molar-refractivity contribution is -0.115. The Hall–Kier alpha value is -2.35. The minimum absolute atomic E-state index is 0.295. The Balaban J connectivity index is 1.33. The van der Waals surface area contributed by atoms with Crippen molar-refractivity contribution in [3.63, 3.8) is 0 Å². The molecule has 2 aromatic rings. The summed E-state index contributed by atoms with van der Waals surface area (Å²) in [6, 6.07) is 18.9. The van der Waals surface area contributed by atoms with E-state index in [9.17, 15) is 4.79 Å². The van der Waals surface area contributed by atoms with Crippen molar-refractivity contribution in [2.75, 3.05) is 0 Å². The first-order chi connectivity index (χ1) is 12.7. The van der Waals surface area contributed by atoms with Crippen LogP contribution < -0.4 is 4.74 Å². The maximum Gasteiger partial charge on any atom is 0.155 e. The normalized spacial score (nSPS) is 25.4. The summed E-state index contributed by atoms with van der Waals surface area (Å²) in [5, 5.41) is 0. The van der Waals surface area contributed by atoms with Crippen LogP contribution >= 0.6 is 0 Å². The van der Waals surface area contributed by atoms with Crippen LogP contribution in [-0.2, 0) is 11.4 Å². The number of hydrogen-bond acceptors (Lipinski definition) is 2. The molecule has 2 aliphatic rings. The Morgan fingerprint density at radius 2 is 1.65 bits per heavy atom. The van der Waals surface area contributed by atoms with Crippen molar-refractivity contribution in [2.45, 2.75) is 51.0 Å². The highest BCUT2D eigenvalue weighted by atomic mass is 16.5. The van der Waals surface area contributed by atoms with Gasteiger partial charge in [0.25, 0.3) is 0 Å². The number of ketones is 1. The van der Waals surface area contributed by atoms with Crippen molar-refractivity contribution in [1.82, 2.24) is 0 Å². The van der Waals surface area contributed by atoms with Crippen LogP contribution in [-0.4, -0.2) is 5.78 Å². The standard InChI is InChI=1S/C24H26O2/c25-22-12-16-24(17-13-22)14-10-21(11-15-24)20-6-8-23(9-7-20)26-18-19-4-2-1-3-5-19/h1-9,12,16,21H,10-11,13-15,17-18H2. The summed E-state index contributed by atoms with van der Waals surface area (Å²) in [6.07, 6.45) is 10.6. The average molecular weight is 346 g/mol. The Morgan fingerprint density at radius 1 is 0.923 bits per heavy atom. The first-order valence-corrected chi connectivity index (χ1v) is 9.71. The van der Waals surface area contributed by atoms with E-state index in [4.69, 9.17) is 4.74 Å². The zero-order chi connectivity index (χ0) is 17.8. The Kier molecular flexibility index (Phi) is 4.92. The van der Waals surface area contributed by atoms with Crippen molar-refractivity contribution in [1.29, 1.82) is 0 Å². The number of ether oxygens (including phenoxy) is 1. The van der Waals surface area contributed by atoms with Crippen LogP contribution in [0, 0.1) is 5.41 Å². The van der Waals surface area contributed by atoms with Crippen molar-refractivity contribution >= 4 is 5.78 Å². The number of carbonyl (C=O) groups excluding carboxylic acids is 1. The van der Waals surface area contributed by atoms with Gasteiger partial charge in [-0.3, -0.25) is 4.79 Å². The Morgan fingerprint density at radius 3 is 2.31 bits per heavy atom. The smallest absolute Gasteiger partial charge is 0.155 e. The molecule has 26 heavy (non-hydrogen) atoms. The summed E-state index contributed by atoms with van der Waals surface area (Å²) in [4.78, 5) is 11.5. The minimum Gasteiger partial charge on any atom is -0.489 e. The number of carbonyl (C=O) groups is 1. The molecule has 0 saturated heterocycles. The van der Waals surface area contributed by atoms with Gasteiger partial charge in [-0.1, -0.05) is 48.5 Å². The molecule has 1 fully saturated rings. The number of rotatable bonds is 4. The van der Waals surface area contributed by atoms with Gasteiger partial charge in [0.1, 0.15) is 12.4 Å². The van der Waals surface area contributed by atoms with Crippen LogP contribution in [0.5, 0.6) is 5.75 Å². The fourth-order valence-electron chi connectivity index (χ4n) is 4.33. The maximum atomic E-state index is 11.5. The van der Waals surface area contributed by atoms with Gasteiger partial charge in [-0.15, -0.1) is 0 Å². The summed E-state index contributed by atoms with van der Waals surface area (Å²) in [5.41, 5.74) is 2.90. The largest absolute Gasteiger partial charge is 0.489 e. The second-order valence-electron chi connectivity index (χ2n) is 7.78. The van der Waals surface area contributed by atoms with Gasteiger partial charge in [0.2, 0.25) is 0 Å². The molecule has 134 valence electrons. The van der Waals surface area contributed by atoms with Gasteiger partial charge in [-0.2, -0.15) is 0 Å². The van der Waals surface area contributed by atoms with Crippen molar-refractivity contribution < 1.29 is 9.53 Å². The highest BCUT2D eigenvalue weighted by molar-refractivity contribution is 5.90. The van der Waals surface area contributed by atoms with E-state index in [0.29, 0.717) is 23.7 Å². The van der Waals surface area contributed by atoms with E-state index in [0.717, 1.165) is 18.6 Å². The first kappa shape index (κ1) is 17.1. The summed E-state index contributed by atoms with van der Waals surface area (Å²) < 4.78 is 5.89. The molecule has 0 radical (unpaired) electrons. The molecule has 1 saturated carbocycles. The van der Waals surface area contributed by atoms with Crippen LogP contribution in [0.4, 0.5) is 0 Å². The average Bonchev–Trinajstić information content (AvgIpc) is 2.71. The molecule has 0 heterocycles. The van der Waals surface area contributed by atoms with Gasteiger partial charge in [-0.25, -0.2) is 0 Å². The lowest BCUT2D eigenvalue weighted by Crippen LogP contribution is -2.28. The van der Waals surface area contributed by atoms with Gasteiger partial charge in [0, 0.05) is 6.42 Å². The van der Waals surface area contributed by atoms with Crippen molar-refractivity contribution in [2.24, 2.45) is 5.41 Å². The lowest BCUT2D eigenvalue weighted by atomic mass is 9.65. The third-order valence-corrected chi connectivity index (χ3v) is 6.07. The molecule has 0 aromatic heterocycles. The molecule has 0 bridgehead atoms. The Bertz CT molecular complexity index is 766. The summed E-state index contributed by atoms with van der Waals surface area (Å²) in [7, 11) is 0. The lowest BCUT2D eigenvalue weighted by Gasteiger charge is -2.39. The van der Waals surface area contributed by atoms with E-state index in [2.05, 4.69) is 42.5 Å². The Labute approximate surface area is 155 Å². The molecular weight excluding hydrogens is 320 g/mol. The number of allylic oxidation sites excluding steroid dienone is 2. The van der Waals surface area contributed by atoms with Gasteiger partial charge >= 0.3 is 0 Å². The highest BCUT2D eigenvalue weighted by Crippen LogP contribution is 2.48. The molecule has 4 rings (SSSR count). The molecular formula is C24H26O2. The second kappa shape index (κ2) is 7.49.